The SMILES string of the molecule is Cc1ccc(C(=O)NCC(C)CBr)cc1C. The molecular weight excluding hydrogens is 266 g/mol. The third kappa shape index (κ3) is 3.63. The third-order valence-electron chi connectivity index (χ3n) is 2.64. The van der Waals surface area contributed by atoms with Crippen LogP contribution in [0.3, 0.4) is 0 Å². The summed E-state index contributed by atoms with van der Waals surface area (Å²) in [5.74, 6) is 0.464. The second-order valence-corrected chi connectivity index (χ2v) is 4.92. The highest BCUT2D eigenvalue weighted by atomic mass is 79.9. The maximum atomic E-state index is 11.8. The van der Waals surface area contributed by atoms with Gasteiger partial charge in [0.05, 0.1) is 0 Å². The lowest BCUT2D eigenvalue weighted by molar-refractivity contribution is 0.0949. The highest BCUT2D eigenvalue weighted by molar-refractivity contribution is 9.09. The third-order valence-corrected chi connectivity index (χ3v) is 3.75. The molecule has 0 radical (unpaired) electrons. The molecule has 0 saturated heterocycles. The van der Waals surface area contributed by atoms with E-state index in [4.69, 9.17) is 0 Å². The number of hydrogen-bond donors (Lipinski definition) is 1. The summed E-state index contributed by atoms with van der Waals surface area (Å²) in [6.07, 6.45) is 0. The fourth-order valence-corrected chi connectivity index (χ4v) is 1.54. The summed E-state index contributed by atoms with van der Waals surface area (Å²) in [5.41, 5.74) is 3.11. The largest absolute Gasteiger partial charge is 0.352 e. The van der Waals surface area contributed by atoms with Gasteiger partial charge in [-0.3, -0.25) is 4.79 Å². The summed E-state index contributed by atoms with van der Waals surface area (Å²) in [7, 11) is 0. The van der Waals surface area contributed by atoms with Gasteiger partial charge in [-0.05, 0) is 43.0 Å². The van der Waals surface area contributed by atoms with Crippen molar-refractivity contribution < 1.29 is 4.79 Å². The number of amides is 1. The van der Waals surface area contributed by atoms with Gasteiger partial charge >= 0.3 is 0 Å². The number of hydrogen-bond acceptors (Lipinski definition) is 1. The van der Waals surface area contributed by atoms with Crippen LogP contribution < -0.4 is 5.32 Å². The van der Waals surface area contributed by atoms with Crippen LogP contribution in [0.25, 0.3) is 0 Å². The van der Waals surface area contributed by atoms with Crippen LogP contribution in [0, 0.1) is 19.8 Å². The van der Waals surface area contributed by atoms with Crippen LogP contribution in [0.15, 0.2) is 18.2 Å². The molecule has 0 aliphatic rings. The monoisotopic (exact) mass is 283 g/mol. The van der Waals surface area contributed by atoms with Crippen LogP contribution in [0.1, 0.15) is 28.4 Å². The molecule has 1 aromatic rings. The predicted octanol–water partition coefficient (Wildman–Crippen LogP) is 3.06. The summed E-state index contributed by atoms with van der Waals surface area (Å²) in [6, 6.07) is 5.79. The normalized spacial score (nSPS) is 12.2. The van der Waals surface area contributed by atoms with E-state index in [1.807, 2.05) is 32.0 Å². The van der Waals surface area contributed by atoms with Gasteiger partial charge in [-0.25, -0.2) is 0 Å². The van der Waals surface area contributed by atoms with Crippen LogP contribution >= 0.6 is 15.9 Å². The van der Waals surface area contributed by atoms with Gasteiger partial charge in [-0.2, -0.15) is 0 Å². The molecule has 1 unspecified atom stereocenters. The molecule has 1 N–H and O–H groups in total. The minimum atomic E-state index is 0.0101. The smallest absolute Gasteiger partial charge is 0.251 e. The Bertz CT molecular complexity index is 376. The van der Waals surface area contributed by atoms with Crippen molar-refractivity contribution in [3.63, 3.8) is 0 Å². The molecule has 0 aliphatic heterocycles. The van der Waals surface area contributed by atoms with Crippen molar-refractivity contribution >= 4 is 21.8 Å². The summed E-state index contributed by atoms with van der Waals surface area (Å²) < 4.78 is 0. The first-order valence-corrected chi connectivity index (χ1v) is 6.58. The zero-order valence-corrected chi connectivity index (χ0v) is 11.6. The Balaban J connectivity index is 2.63. The molecular formula is C13H18BrNO. The average Bonchev–Trinajstić information content (AvgIpc) is 2.29. The van der Waals surface area contributed by atoms with Gasteiger partial charge in [0.15, 0.2) is 0 Å². The highest BCUT2D eigenvalue weighted by Gasteiger charge is 2.07. The Morgan fingerprint density at radius 3 is 2.62 bits per heavy atom. The van der Waals surface area contributed by atoms with E-state index in [0.717, 1.165) is 16.5 Å². The lowest BCUT2D eigenvalue weighted by Gasteiger charge is -2.10. The van der Waals surface area contributed by atoms with E-state index in [2.05, 4.69) is 28.2 Å². The van der Waals surface area contributed by atoms with Crippen molar-refractivity contribution in [3.05, 3.63) is 34.9 Å². The Morgan fingerprint density at radius 1 is 1.38 bits per heavy atom. The Kier molecular flexibility index (Phi) is 5.00. The van der Waals surface area contributed by atoms with Crippen molar-refractivity contribution in [2.24, 2.45) is 5.92 Å². The highest BCUT2D eigenvalue weighted by Crippen LogP contribution is 2.09. The fraction of sp³-hybridized carbons (Fsp3) is 0.462. The summed E-state index contributed by atoms with van der Waals surface area (Å²) in [6.45, 7) is 6.86. The van der Waals surface area contributed by atoms with Gasteiger partial charge in [-0.15, -0.1) is 0 Å². The van der Waals surface area contributed by atoms with E-state index < -0.39 is 0 Å². The molecule has 0 aliphatic carbocycles. The Hall–Kier alpha value is -0.830. The first kappa shape index (κ1) is 13.2. The molecule has 1 aromatic carbocycles. The number of halogens is 1. The minimum Gasteiger partial charge on any atom is -0.352 e. The van der Waals surface area contributed by atoms with E-state index in [1.165, 1.54) is 5.56 Å². The van der Waals surface area contributed by atoms with Gasteiger partial charge in [0.25, 0.3) is 5.91 Å². The molecule has 88 valence electrons. The second-order valence-electron chi connectivity index (χ2n) is 4.27. The number of benzene rings is 1. The lowest BCUT2D eigenvalue weighted by atomic mass is 10.1. The van der Waals surface area contributed by atoms with Crippen LogP contribution in [0.5, 0.6) is 0 Å². The van der Waals surface area contributed by atoms with Crippen molar-refractivity contribution in [1.29, 1.82) is 0 Å². The zero-order chi connectivity index (χ0) is 12.1. The standard InChI is InChI=1S/C13H18BrNO/c1-9(7-14)8-15-13(16)12-5-4-10(2)11(3)6-12/h4-6,9H,7-8H2,1-3H3,(H,15,16). The van der Waals surface area contributed by atoms with Gasteiger partial charge in [0.2, 0.25) is 0 Å². The first-order chi connectivity index (χ1) is 7.54. The predicted molar refractivity (Wildman–Crippen MR) is 71.2 cm³/mol. The molecule has 1 atom stereocenters. The number of rotatable bonds is 4. The van der Waals surface area contributed by atoms with Crippen LogP contribution in [-0.4, -0.2) is 17.8 Å². The summed E-state index contributed by atoms with van der Waals surface area (Å²) in [4.78, 5) is 11.8. The van der Waals surface area contributed by atoms with Crippen molar-refractivity contribution in [2.75, 3.05) is 11.9 Å². The van der Waals surface area contributed by atoms with Crippen molar-refractivity contribution in [2.45, 2.75) is 20.8 Å². The summed E-state index contributed by atoms with van der Waals surface area (Å²) in [5, 5.41) is 3.83. The maximum Gasteiger partial charge on any atom is 0.251 e. The minimum absolute atomic E-state index is 0.0101. The molecule has 3 heteroatoms. The fourth-order valence-electron chi connectivity index (χ4n) is 1.31. The molecule has 0 aromatic heterocycles. The van der Waals surface area contributed by atoms with Gasteiger partial charge < -0.3 is 5.32 Å². The number of carbonyl (C=O) groups is 1. The van der Waals surface area contributed by atoms with Crippen LogP contribution in [-0.2, 0) is 0 Å². The van der Waals surface area contributed by atoms with E-state index >= 15 is 0 Å². The average molecular weight is 284 g/mol. The topological polar surface area (TPSA) is 29.1 Å². The second kappa shape index (κ2) is 6.04. The number of carbonyl (C=O) groups excluding carboxylic acids is 1. The molecule has 0 heterocycles. The zero-order valence-electron chi connectivity index (χ0n) is 10.0. The van der Waals surface area contributed by atoms with E-state index in [1.54, 1.807) is 0 Å². The van der Waals surface area contributed by atoms with Crippen LogP contribution in [0.2, 0.25) is 0 Å². The maximum absolute atomic E-state index is 11.8. The van der Waals surface area contributed by atoms with Gasteiger partial charge in [0.1, 0.15) is 0 Å². The lowest BCUT2D eigenvalue weighted by Crippen LogP contribution is -2.28. The molecule has 16 heavy (non-hydrogen) atoms. The molecule has 1 amide bonds. The summed E-state index contributed by atoms with van der Waals surface area (Å²) >= 11 is 3.39. The van der Waals surface area contributed by atoms with E-state index in [0.29, 0.717) is 12.5 Å². The molecule has 1 rings (SSSR count). The van der Waals surface area contributed by atoms with Crippen LogP contribution in [0.4, 0.5) is 0 Å². The van der Waals surface area contributed by atoms with Crippen molar-refractivity contribution in [3.8, 4) is 0 Å². The number of aryl methyl sites for hydroxylation is 2. The van der Waals surface area contributed by atoms with Gasteiger partial charge in [0, 0.05) is 17.4 Å². The van der Waals surface area contributed by atoms with Crippen molar-refractivity contribution in [1.82, 2.24) is 5.32 Å². The molecule has 0 fully saturated rings. The van der Waals surface area contributed by atoms with E-state index in [9.17, 15) is 4.79 Å². The molecule has 0 saturated carbocycles. The number of nitrogens with one attached hydrogen (secondary N) is 1. The quantitative estimate of drug-likeness (QED) is 0.846. The van der Waals surface area contributed by atoms with E-state index in [-0.39, 0.29) is 5.91 Å². The van der Waals surface area contributed by atoms with Gasteiger partial charge in [-0.1, -0.05) is 28.9 Å². The number of alkyl halides is 1. The Morgan fingerprint density at radius 2 is 2.06 bits per heavy atom. The Labute approximate surface area is 106 Å². The molecule has 0 spiro atoms. The first-order valence-electron chi connectivity index (χ1n) is 5.46. The molecule has 0 bridgehead atoms. The molecule has 2 nitrogen and oxygen atoms in total.